The van der Waals surface area contributed by atoms with Gasteiger partial charge in [0, 0.05) is 31.7 Å². The minimum Gasteiger partial charge on any atom is -0.393 e. The molecule has 2 amide bonds. The summed E-state index contributed by atoms with van der Waals surface area (Å²) < 4.78 is 0. The van der Waals surface area contributed by atoms with Crippen molar-refractivity contribution in [2.24, 2.45) is 5.92 Å². The van der Waals surface area contributed by atoms with Crippen molar-refractivity contribution in [3.8, 4) is 0 Å². The van der Waals surface area contributed by atoms with E-state index in [1.54, 1.807) is 11.9 Å². The molecule has 2 rings (SSSR count). The summed E-state index contributed by atoms with van der Waals surface area (Å²) in [4.78, 5) is 16.0. The zero-order valence-electron chi connectivity index (χ0n) is 13.7. The number of carbonyl (C=O) groups excluding carboxylic acids is 1. The van der Waals surface area contributed by atoms with Crippen LogP contribution in [0.2, 0.25) is 0 Å². The van der Waals surface area contributed by atoms with Gasteiger partial charge in [0.15, 0.2) is 0 Å². The third-order valence-electron chi connectivity index (χ3n) is 4.15. The van der Waals surface area contributed by atoms with Crippen molar-refractivity contribution >= 4 is 11.7 Å². The van der Waals surface area contributed by atoms with Gasteiger partial charge in [-0.2, -0.15) is 0 Å². The topological polar surface area (TPSA) is 55.8 Å². The second-order valence-corrected chi connectivity index (χ2v) is 6.51. The summed E-state index contributed by atoms with van der Waals surface area (Å²) in [7, 11) is 5.82. The monoisotopic (exact) mass is 305 g/mol. The molecule has 0 aliphatic heterocycles. The smallest absolute Gasteiger partial charge is 0.321 e. The number of rotatable bonds is 5. The van der Waals surface area contributed by atoms with Crippen molar-refractivity contribution in [1.82, 2.24) is 9.80 Å². The Bertz CT molecular complexity index is 504. The van der Waals surface area contributed by atoms with Crippen LogP contribution in [0.5, 0.6) is 0 Å². The van der Waals surface area contributed by atoms with Crippen LogP contribution in [0.4, 0.5) is 10.5 Å². The summed E-state index contributed by atoms with van der Waals surface area (Å²) >= 11 is 0. The molecule has 122 valence electrons. The first-order valence-corrected chi connectivity index (χ1v) is 7.89. The Balaban J connectivity index is 1.90. The van der Waals surface area contributed by atoms with Crippen LogP contribution in [-0.2, 0) is 6.54 Å². The summed E-state index contributed by atoms with van der Waals surface area (Å²) in [5.74, 6) is 0.204. The SMILES string of the molecule is CN(C)Cc1cccc(NC(=O)N(C)CC2CCCC2O)c1. The quantitative estimate of drug-likeness (QED) is 0.878. The lowest BCUT2D eigenvalue weighted by Gasteiger charge is -2.23. The summed E-state index contributed by atoms with van der Waals surface area (Å²) in [6.45, 7) is 1.44. The summed E-state index contributed by atoms with van der Waals surface area (Å²) in [6, 6.07) is 7.77. The predicted molar refractivity (Wildman–Crippen MR) is 88.8 cm³/mol. The van der Waals surface area contributed by atoms with Crippen LogP contribution >= 0.6 is 0 Å². The number of aliphatic hydroxyl groups is 1. The Kier molecular flexibility index (Phi) is 5.80. The molecule has 0 heterocycles. The fourth-order valence-electron chi connectivity index (χ4n) is 3.00. The van der Waals surface area contributed by atoms with Gasteiger partial charge in [-0.3, -0.25) is 0 Å². The number of carbonyl (C=O) groups is 1. The van der Waals surface area contributed by atoms with E-state index in [0.29, 0.717) is 6.54 Å². The maximum atomic E-state index is 12.3. The molecule has 2 N–H and O–H groups in total. The lowest BCUT2D eigenvalue weighted by Crippen LogP contribution is -2.37. The van der Waals surface area contributed by atoms with Gasteiger partial charge in [-0.25, -0.2) is 4.79 Å². The van der Waals surface area contributed by atoms with Crippen LogP contribution in [0, 0.1) is 5.92 Å². The molecular formula is C17H27N3O2. The van der Waals surface area contributed by atoms with Gasteiger partial charge in [-0.15, -0.1) is 0 Å². The molecule has 22 heavy (non-hydrogen) atoms. The number of amides is 2. The number of benzene rings is 1. The molecular weight excluding hydrogens is 278 g/mol. The van der Waals surface area contributed by atoms with Crippen molar-refractivity contribution < 1.29 is 9.90 Å². The number of hydrogen-bond acceptors (Lipinski definition) is 3. The predicted octanol–water partition coefficient (Wildman–Crippen LogP) is 2.37. The maximum absolute atomic E-state index is 12.3. The third-order valence-corrected chi connectivity index (χ3v) is 4.15. The zero-order chi connectivity index (χ0) is 16.1. The van der Waals surface area contributed by atoms with Crippen LogP contribution in [0.3, 0.4) is 0 Å². The van der Waals surface area contributed by atoms with E-state index in [0.717, 1.165) is 37.1 Å². The van der Waals surface area contributed by atoms with Crippen LogP contribution in [0.15, 0.2) is 24.3 Å². The first-order chi connectivity index (χ1) is 10.5. The molecule has 0 bridgehead atoms. The summed E-state index contributed by atoms with van der Waals surface area (Å²) in [5, 5.41) is 12.8. The van der Waals surface area contributed by atoms with E-state index < -0.39 is 0 Å². The molecule has 2 unspecified atom stereocenters. The van der Waals surface area contributed by atoms with E-state index in [2.05, 4.69) is 10.2 Å². The van der Waals surface area contributed by atoms with Gasteiger partial charge in [-0.1, -0.05) is 18.6 Å². The Morgan fingerprint density at radius 3 is 2.73 bits per heavy atom. The number of aliphatic hydroxyl groups excluding tert-OH is 1. The fourth-order valence-corrected chi connectivity index (χ4v) is 3.00. The second-order valence-electron chi connectivity index (χ2n) is 6.51. The molecule has 1 aliphatic carbocycles. The highest BCUT2D eigenvalue weighted by atomic mass is 16.3. The number of hydrogen-bond donors (Lipinski definition) is 2. The van der Waals surface area contributed by atoms with Crippen LogP contribution in [-0.4, -0.2) is 54.7 Å². The van der Waals surface area contributed by atoms with E-state index in [-0.39, 0.29) is 18.1 Å². The minimum atomic E-state index is -0.265. The highest BCUT2D eigenvalue weighted by molar-refractivity contribution is 5.89. The summed E-state index contributed by atoms with van der Waals surface area (Å²) in [5.41, 5.74) is 1.97. The molecule has 1 saturated carbocycles. The number of anilines is 1. The Hall–Kier alpha value is -1.59. The summed E-state index contributed by atoms with van der Waals surface area (Å²) in [6.07, 6.45) is 2.64. The van der Waals surface area contributed by atoms with Gasteiger partial charge in [0.05, 0.1) is 6.10 Å². The molecule has 1 aliphatic rings. The minimum absolute atomic E-state index is 0.124. The van der Waals surface area contributed by atoms with Gasteiger partial charge >= 0.3 is 6.03 Å². The molecule has 2 atom stereocenters. The van der Waals surface area contributed by atoms with Gasteiger partial charge in [0.1, 0.15) is 0 Å². The van der Waals surface area contributed by atoms with Gasteiger partial charge < -0.3 is 20.2 Å². The van der Waals surface area contributed by atoms with Crippen molar-refractivity contribution in [2.45, 2.75) is 31.9 Å². The van der Waals surface area contributed by atoms with Gasteiger partial charge in [0.25, 0.3) is 0 Å². The average Bonchev–Trinajstić information content (AvgIpc) is 2.84. The van der Waals surface area contributed by atoms with E-state index in [4.69, 9.17) is 0 Å². The van der Waals surface area contributed by atoms with E-state index in [1.807, 2.05) is 38.4 Å². The molecule has 0 spiro atoms. The number of nitrogens with zero attached hydrogens (tertiary/aromatic N) is 2. The lowest BCUT2D eigenvalue weighted by molar-refractivity contribution is 0.116. The fraction of sp³-hybridized carbons (Fsp3) is 0.588. The Labute approximate surface area is 132 Å². The first kappa shape index (κ1) is 16.8. The molecule has 0 saturated heterocycles. The molecule has 1 aromatic rings. The normalized spacial score (nSPS) is 21.1. The number of nitrogens with one attached hydrogen (secondary N) is 1. The zero-order valence-corrected chi connectivity index (χ0v) is 13.7. The van der Waals surface area contributed by atoms with Crippen LogP contribution < -0.4 is 5.32 Å². The largest absolute Gasteiger partial charge is 0.393 e. The molecule has 5 heteroatoms. The van der Waals surface area contributed by atoms with E-state index in [1.165, 1.54) is 0 Å². The van der Waals surface area contributed by atoms with Gasteiger partial charge in [-0.05, 0) is 44.6 Å². The molecule has 5 nitrogen and oxygen atoms in total. The molecule has 0 radical (unpaired) electrons. The number of urea groups is 1. The average molecular weight is 305 g/mol. The highest BCUT2D eigenvalue weighted by Crippen LogP contribution is 2.26. The highest BCUT2D eigenvalue weighted by Gasteiger charge is 2.27. The maximum Gasteiger partial charge on any atom is 0.321 e. The lowest BCUT2D eigenvalue weighted by atomic mass is 10.1. The van der Waals surface area contributed by atoms with Crippen LogP contribution in [0.1, 0.15) is 24.8 Å². The van der Waals surface area contributed by atoms with Crippen molar-refractivity contribution in [2.75, 3.05) is 33.0 Å². The Morgan fingerprint density at radius 1 is 1.32 bits per heavy atom. The van der Waals surface area contributed by atoms with Crippen molar-refractivity contribution in [3.05, 3.63) is 29.8 Å². The van der Waals surface area contributed by atoms with Crippen molar-refractivity contribution in [3.63, 3.8) is 0 Å². The second kappa shape index (κ2) is 7.61. The van der Waals surface area contributed by atoms with Crippen LogP contribution in [0.25, 0.3) is 0 Å². The van der Waals surface area contributed by atoms with Gasteiger partial charge in [0.2, 0.25) is 0 Å². The first-order valence-electron chi connectivity index (χ1n) is 7.89. The molecule has 1 fully saturated rings. The van der Waals surface area contributed by atoms with E-state index in [9.17, 15) is 9.90 Å². The standard InChI is InChI=1S/C17H27N3O2/c1-19(2)11-13-6-4-8-15(10-13)18-17(22)20(3)12-14-7-5-9-16(14)21/h4,6,8,10,14,16,21H,5,7,9,11-12H2,1-3H3,(H,18,22). The third kappa shape index (κ3) is 4.71. The molecule has 1 aromatic carbocycles. The van der Waals surface area contributed by atoms with E-state index >= 15 is 0 Å². The Morgan fingerprint density at radius 2 is 2.09 bits per heavy atom. The van der Waals surface area contributed by atoms with Crippen molar-refractivity contribution in [1.29, 1.82) is 0 Å². The molecule has 0 aromatic heterocycles.